The van der Waals surface area contributed by atoms with E-state index < -0.39 is 0 Å². The summed E-state index contributed by atoms with van der Waals surface area (Å²) in [6, 6.07) is -0.386. The van der Waals surface area contributed by atoms with Crippen molar-refractivity contribution in [3.05, 3.63) is 0 Å². The summed E-state index contributed by atoms with van der Waals surface area (Å²) in [7, 11) is 0. The zero-order chi connectivity index (χ0) is 12.3. The summed E-state index contributed by atoms with van der Waals surface area (Å²) >= 11 is 0. The number of nitrogens with one attached hydrogen (secondary N) is 2. The van der Waals surface area contributed by atoms with Crippen molar-refractivity contribution in [2.45, 2.75) is 25.5 Å². The van der Waals surface area contributed by atoms with E-state index in [0.29, 0.717) is 6.54 Å². The number of hydrogen-bond donors (Lipinski definition) is 2. The second-order valence-electron chi connectivity index (χ2n) is 4.46. The van der Waals surface area contributed by atoms with Gasteiger partial charge in [0.25, 0.3) is 0 Å². The number of ether oxygens (including phenoxy) is 1. The van der Waals surface area contributed by atoms with Gasteiger partial charge in [0.05, 0.1) is 25.2 Å². The van der Waals surface area contributed by atoms with E-state index in [9.17, 15) is 9.59 Å². The van der Waals surface area contributed by atoms with E-state index in [4.69, 9.17) is 4.74 Å². The zero-order valence-corrected chi connectivity index (χ0v) is 10.1. The van der Waals surface area contributed by atoms with E-state index in [0.717, 1.165) is 26.2 Å². The van der Waals surface area contributed by atoms with Crippen molar-refractivity contribution in [2.75, 3.05) is 32.8 Å². The van der Waals surface area contributed by atoms with Crippen LogP contribution in [0.5, 0.6) is 0 Å². The molecule has 2 fully saturated rings. The van der Waals surface area contributed by atoms with Crippen LogP contribution in [0.4, 0.5) is 0 Å². The predicted octanol–water partition coefficient (Wildman–Crippen LogP) is -1.29. The van der Waals surface area contributed by atoms with Crippen LogP contribution in [-0.4, -0.2) is 61.6 Å². The van der Waals surface area contributed by atoms with Crippen LogP contribution in [0.25, 0.3) is 0 Å². The van der Waals surface area contributed by atoms with E-state index in [1.165, 1.54) is 0 Å². The summed E-state index contributed by atoms with van der Waals surface area (Å²) in [6.07, 6.45) is 0.343. The van der Waals surface area contributed by atoms with Crippen LogP contribution >= 0.6 is 0 Å². The van der Waals surface area contributed by atoms with Gasteiger partial charge in [0, 0.05) is 19.6 Å². The minimum absolute atomic E-state index is 0.104. The van der Waals surface area contributed by atoms with Crippen LogP contribution in [-0.2, 0) is 14.3 Å². The lowest BCUT2D eigenvalue weighted by Gasteiger charge is -2.32. The minimum Gasteiger partial charge on any atom is -0.374 e. The molecule has 6 heteroatoms. The van der Waals surface area contributed by atoms with Gasteiger partial charge in [0.2, 0.25) is 11.8 Å². The molecule has 0 bridgehead atoms. The Hall–Kier alpha value is -0.980. The third-order valence-electron chi connectivity index (χ3n) is 3.23. The quantitative estimate of drug-likeness (QED) is 0.599. The maximum absolute atomic E-state index is 11.3. The van der Waals surface area contributed by atoms with E-state index >= 15 is 0 Å². The van der Waals surface area contributed by atoms with Gasteiger partial charge in [0.15, 0.2) is 0 Å². The molecule has 2 saturated heterocycles. The Kier molecular flexibility index (Phi) is 4.09. The molecule has 2 aliphatic rings. The fourth-order valence-corrected chi connectivity index (χ4v) is 2.18. The molecular weight excluding hydrogens is 222 g/mol. The Balaban J connectivity index is 1.74. The topological polar surface area (TPSA) is 70.7 Å². The Bertz CT molecular complexity index is 308. The van der Waals surface area contributed by atoms with Gasteiger partial charge in [-0.05, 0) is 6.54 Å². The molecule has 0 saturated carbocycles. The van der Waals surface area contributed by atoms with E-state index in [2.05, 4.69) is 22.5 Å². The second-order valence-corrected chi connectivity index (χ2v) is 4.46. The third kappa shape index (κ3) is 3.24. The number of nitrogens with zero attached hydrogens (tertiary/aromatic N) is 1. The largest absolute Gasteiger partial charge is 0.374 e. The van der Waals surface area contributed by atoms with Gasteiger partial charge in [-0.3, -0.25) is 19.8 Å². The van der Waals surface area contributed by atoms with Crippen LogP contribution in [0.3, 0.4) is 0 Å². The highest BCUT2D eigenvalue weighted by Crippen LogP contribution is 2.06. The number of morpholine rings is 1. The summed E-state index contributed by atoms with van der Waals surface area (Å²) in [4.78, 5) is 24.6. The summed E-state index contributed by atoms with van der Waals surface area (Å²) in [6.45, 7) is 6.33. The van der Waals surface area contributed by atoms with Gasteiger partial charge < -0.3 is 10.1 Å². The molecule has 2 amide bonds. The fraction of sp³-hybridized carbons (Fsp3) is 0.818. The zero-order valence-electron chi connectivity index (χ0n) is 10.1. The summed E-state index contributed by atoms with van der Waals surface area (Å²) in [5, 5.41) is 5.37. The maximum atomic E-state index is 11.3. The summed E-state index contributed by atoms with van der Waals surface area (Å²) < 4.78 is 5.61. The molecule has 2 rings (SSSR count). The van der Waals surface area contributed by atoms with Gasteiger partial charge in [-0.2, -0.15) is 0 Å². The van der Waals surface area contributed by atoms with E-state index in [-0.39, 0.29) is 30.4 Å². The number of amides is 2. The Morgan fingerprint density at radius 2 is 2.35 bits per heavy atom. The molecular formula is C11H19N3O3. The molecule has 0 aromatic heterocycles. The molecule has 0 aromatic rings. The van der Waals surface area contributed by atoms with Crippen molar-refractivity contribution in [1.82, 2.24) is 15.5 Å². The number of carbonyl (C=O) groups excluding carboxylic acids is 2. The van der Waals surface area contributed by atoms with Gasteiger partial charge in [0.1, 0.15) is 0 Å². The highest BCUT2D eigenvalue weighted by atomic mass is 16.5. The van der Waals surface area contributed by atoms with Gasteiger partial charge in [-0.25, -0.2) is 0 Å². The van der Waals surface area contributed by atoms with Crippen LogP contribution in [0.15, 0.2) is 0 Å². The normalized spacial score (nSPS) is 30.6. The van der Waals surface area contributed by atoms with Crippen molar-refractivity contribution < 1.29 is 14.3 Å². The van der Waals surface area contributed by atoms with Crippen molar-refractivity contribution in [1.29, 1.82) is 0 Å². The van der Waals surface area contributed by atoms with E-state index in [1.807, 2.05) is 0 Å². The number of imide groups is 1. The lowest BCUT2D eigenvalue weighted by atomic mass is 10.2. The molecule has 0 spiro atoms. The Morgan fingerprint density at radius 3 is 3.00 bits per heavy atom. The average Bonchev–Trinajstić information content (AvgIpc) is 2.65. The first-order chi connectivity index (χ1) is 8.19. The average molecular weight is 241 g/mol. The van der Waals surface area contributed by atoms with E-state index in [1.54, 1.807) is 0 Å². The van der Waals surface area contributed by atoms with Crippen molar-refractivity contribution >= 4 is 11.8 Å². The first-order valence-corrected chi connectivity index (χ1v) is 6.10. The summed E-state index contributed by atoms with van der Waals surface area (Å²) in [5.74, 6) is -0.426. The Morgan fingerprint density at radius 1 is 1.53 bits per heavy atom. The molecule has 17 heavy (non-hydrogen) atoms. The van der Waals surface area contributed by atoms with Crippen molar-refractivity contribution in [2.24, 2.45) is 0 Å². The predicted molar refractivity (Wildman–Crippen MR) is 61.4 cm³/mol. The van der Waals surface area contributed by atoms with Gasteiger partial charge in [-0.15, -0.1) is 0 Å². The van der Waals surface area contributed by atoms with Crippen LogP contribution in [0.2, 0.25) is 0 Å². The number of likely N-dealkylation sites (N-methyl/N-ethyl adjacent to an activating group) is 1. The van der Waals surface area contributed by atoms with Gasteiger partial charge in [-0.1, -0.05) is 6.92 Å². The Labute approximate surface area is 101 Å². The molecule has 2 atom stereocenters. The molecule has 0 aromatic carbocycles. The van der Waals surface area contributed by atoms with Crippen LogP contribution in [0, 0.1) is 0 Å². The molecule has 0 aliphatic carbocycles. The maximum Gasteiger partial charge on any atom is 0.244 e. The molecule has 2 aliphatic heterocycles. The monoisotopic (exact) mass is 241 g/mol. The molecule has 2 heterocycles. The molecule has 0 radical (unpaired) electrons. The minimum atomic E-state index is -0.386. The van der Waals surface area contributed by atoms with Crippen molar-refractivity contribution in [3.63, 3.8) is 0 Å². The standard InChI is InChI=1S/C11H19N3O3/c1-2-14-3-4-17-8(7-14)6-12-9-5-10(15)13-11(9)16/h8-9,12H,2-7H2,1H3,(H,13,15,16). The first kappa shape index (κ1) is 12.5. The second kappa shape index (κ2) is 5.57. The molecule has 96 valence electrons. The van der Waals surface area contributed by atoms with Crippen LogP contribution in [0.1, 0.15) is 13.3 Å². The number of carbonyl (C=O) groups is 2. The lowest BCUT2D eigenvalue weighted by Crippen LogP contribution is -2.49. The third-order valence-corrected chi connectivity index (χ3v) is 3.23. The SMILES string of the molecule is CCN1CCOC(CNC2CC(=O)NC2=O)C1. The molecule has 2 unspecified atom stereocenters. The highest BCUT2D eigenvalue weighted by molar-refractivity contribution is 6.05. The lowest BCUT2D eigenvalue weighted by molar-refractivity contribution is -0.125. The molecule has 2 N–H and O–H groups in total. The van der Waals surface area contributed by atoms with Crippen molar-refractivity contribution in [3.8, 4) is 0 Å². The smallest absolute Gasteiger partial charge is 0.244 e. The first-order valence-electron chi connectivity index (χ1n) is 6.10. The number of hydrogen-bond acceptors (Lipinski definition) is 5. The van der Waals surface area contributed by atoms with Gasteiger partial charge >= 0.3 is 0 Å². The summed E-state index contributed by atoms with van der Waals surface area (Å²) in [5.41, 5.74) is 0. The fourth-order valence-electron chi connectivity index (χ4n) is 2.18. The highest BCUT2D eigenvalue weighted by Gasteiger charge is 2.31. The van der Waals surface area contributed by atoms with Crippen LogP contribution < -0.4 is 10.6 Å². The number of rotatable bonds is 4. The molecule has 6 nitrogen and oxygen atoms in total.